The summed E-state index contributed by atoms with van der Waals surface area (Å²) in [6.07, 6.45) is 5.29. The Kier molecular flexibility index (Phi) is 6.28. The summed E-state index contributed by atoms with van der Waals surface area (Å²) in [5.41, 5.74) is 0.361. The van der Waals surface area contributed by atoms with Crippen molar-refractivity contribution < 1.29 is 5.11 Å². The molecule has 1 fully saturated rings. The summed E-state index contributed by atoms with van der Waals surface area (Å²) in [5, 5.41) is 13.4. The molecule has 126 valence electrons. The van der Waals surface area contributed by atoms with Gasteiger partial charge in [-0.25, -0.2) is 0 Å². The maximum absolute atomic E-state index is 9.63. The van der Waals surface area contributed by atoms with Crippen molar-refractivity contribution in [1.29, 1.82) is 0 Å². The molecule has 0 bridgehead atoms. The average molecular weight is 299 g/mol. The van der Waals surface area contributed by atoms with Gasteiger partial charge in [0.25, 0.3) is 0 Å². The quantitative estimate of drug-likeness (QED) is 0.790. The molecule has 0 saturated heterocycles. The Morgan fingerprint density at radius 2 is 1.86 bits per heavy atom. The number of aliphatic hydroxyl groups is 1. The molecule has 0 aromatic rings. The topological polar surface area (TPSA) is 35.5 Å². The third kappa shape index (κ3) is 5.88. The lowest BCUT2D eigenvalue weighted by molar-refractivity contribution is 0.0148. The van der Waals surface area contributed by atoms with Crippen molar-refractivity contribution in [1.82, 2.24) is 10.2 Å². The summed E-state index contributed by atoms with van der Waals surface area (Å²) in [6, 6.07) is 0. The van der Waals surface area contributed by atoms with Crippen LogP contribution >= 0.6 is 0 Å². The third-order valence-electron chi connectivity index (χ3n) is 5.17. The lowest BCUT2D eigenvalue weighted by Gasteiger charge is -2.47. The fourth-order valence-electron chi connectivity index (χ4n) is 3.42. The van der Waals surface area contributed by atoms with E-state index < -0.39 is 0 Å². The van der Waals surface area contributed by atoms with Crippen LogP contribution in [0.15, 0.2) is 0 Å². The van der Waals surface area contributed by atoms with Crippen molar-refractivity contribution >= 4 is 0 Å². The molecule has 1 aliphatic carbocycles. The largest absolute Gasteiger partial charge is 0.394 e. The maximum Gasteiger partial charge on any atom is 0.0609 e. The molecule has 1 rings (SSSR count). The molecule has 2 atom stereocenters. The Bertz CT molecular complexity index is 322. The molecule has 0 aromatic heterocycles. The normalized spacial score (nSPS) is 28.1. The Labute approximate surface area is 132 Å². The Morgan fingerprint density at radius 1 is 1.24 bits per heavy atom. The van der Waals surface area contributed by atoms with Crippen LogP contribution in [0.3, 0.4) is 0 Å². The number of aliphatic hydroxyl groups excluding tert-OH is 1. The zero-order valence-corrected chi connectivity index (χ0v) is 15.4. The number of rotatable bonds is 6. The summed E-state index contributed by atoms with van der Waals surface area (Å²) in [4.78, 5) is 2.36. The van der Waals surface area contributed by atoms with Gasteiger partial charge in [-0.15, -0.1) is 0 Å². The van der Waals surface area contributed by atoms with Crippen LogP contribution in [0.5, 0.6) is 0 Å². The molecule has 2 unspecified atom stereocenters. The maximum atomic E-state index is 9.63. The van der Waals surface area contributed by atoms with E-state index in [1.54, 1.807) is 0 Å². The standard InChI is InChI=1S/C18H38N2O/c1-15-9-8-10-18(11-15,12-19-16(2,3)4)13-20(7)17(5,6)14-21/h15,19,21H,8-14H2,1-7H3. The van der Waals surface area contributed by atoms with Gasteiger partial charge >= 0.3 is 0 Å². The van der Waals surface area contributed by atoms with Crippen molar-refractivity contribution in [2.24, 2.45) is 11.3 Å². The van der Waals surface area contributed by atoms with Gasteiger partial charge in [-0.3, -0.25) is 4.90 Å². The van der Waals surface area contributed by atoms with E-state index in [9.17, 15) is 5.11 Å². The van der Waals surface area contributed by atoms with Crippen LogP contribution in [0.2, 0.25) is 0 Å². The minimum Gasteiger partial charge on any atom is -0.394 e. The first kappa shape index (κ1) is 18.9. The number of hydrogen-bond acceptors (Lipinski definition) is 3. The van der Waals surface area contributed by atoms with E-state index in [1.807, 2.05) is 0 Å². The van der Waals surface area contributed by atoms with Gasteiger partial charge in [-0.2, -0.15) is 0 Å². The second-order valence-corrected chi connectivity index (χ2v) is 9.13. The van der Waals surface area contributed by atoms with Crippen LogP contribution in [0, 0.1) is 11.3 Å². The highest BCUT2D eigenvalue weighted by atomic mass is 16.3. The van der Waals surface area contributed by atoms with Crippen LogP contribution in [-0.4, -0.2) is 47.8 Å². The second kappa shape index (κ2) is 6.97. The van der Waals surface area contributed by atoms with Crippen LogP contribution < -0.4 is 5.32 Å². The molecule has 0 radical (unpaired) electrons. The minimum atomic E-state index is -0.143. The molecule has 0 heterocycles. The number of likely N-dealkylation sites (N-methyl/N-ethyl adjacent to an activating group) is 1. The van der Waals surface area contributed by atoms with Gasteiger partial charge in [0.15, 0.2) is 0 Å². The summed E-state index contributed by atoms with van der Waals surface area (Å²) in [7, 11) is 2.16. The zero-order valence-electron chi connectivity index (χ0n) is 15.4. The van der Waals surface area contributed by atoms with Gasteiger partial charge in [-0.05, 0) is 65.8 Å². The van der Waals surface area contributed by atoms with Crippen molar-refractivity contribution in [3.8, 4) is 0 Å². The predicted molar refractivity (Wildman–Crippen MR) is 91.6 cm³/mol. The summed E-state index contributed by atoms with van der Waals surface area (Å²) >= 11 is 0. The van der Waals surface area contributed by atoms with Crippen molar-refractivity contribution in [3.05, 3.63) is 0 Å². The van der Waals surface area contributed by atoms with E-state index in [0.717, 1.165) is 19.0 Å². The number of hydrogen-bond donors (Lipinski definition) is 2. The molecule has 3 nitrogen and oxygen atoms in total. The molecule has 1 saturated carbocycles. The second-order valence-electron chi connectivity index (χ2n) is 9.13. The van der Waals surface area contributed by atoms with Crippen molar-refractivity contribution in [2.45, 2.75) is 78.3 Å². The summed E-state index contributed by atoms with van der Waals surface area (Å²) < 4.78 is 0. The van der Waals surface area contributed by atoms with Crippen LogP contribution in [0.4, 0.5) is 0 Å². The summed E-state index contributed by atoms with van der Waals surface area (Å²) in [6.45, 7) is 15.7. The van der Waals surface area contributed by atoms with E-state index in [0.29, 0.717) is 5.41 Å². The van der Waals surface area contributed by atoms with E-state index >= 15 is 0 Å². The molecular weight excluding hydrogens is 260 g/mol. The number of nitrogens with zero attached hydrogens (tertiary/aromatic N) is 1. The number of nitrogens with one attached hydrogen (secondary N) is 1. The van der Waals surface area contributed by atoms with E-state index in [1.165, 1.54) is 25.7 Å². The SMILES string of the molecule is CC1CCCC(CNC(C)(C)C)(CN(C)C(C)(C)CO)C1. The molecule has 0 spiro atoms. The highest BCUT2D eigenvalue weighted by molar-refractivity contribution is 4.93. The molecule has 0 aliphatic heterocycles. The lowest BCUT2D eigenvalue weighted by Crippen LogP contribution is -2.54. The minimum absolute atomic E-state index is 0.143. The molecule has 1 aliphatic rings. The fraction of sp³-hybridized carbons (Fsp3) is 1.00. The first-order valence-electron chi connectivity index (χ1n) is 8.57. The Morgan fingerprint density at radius 3 is 2.33 bits per heavy atom. The molecule has 0 amide bonds. The van der Waals surface area contributed by atoms with Crippen molar-refractivity contribution in [2.75, 3.05) is 26.7 Å². The van der Waals surface area contributed by atoms with Gasteiger partial charge in [0.2, 0.25) is 0 Å². The van der Waals surface area contributed by atoms with E-state index in [2.05, 4.69) is 58.8 Å². The summed E-state index contributed by atoms with van der Waals surface area (Å²) in [5.74, 6) is 0.811. The van der Waals surface area contributed by atoms with Gasteiger partial charge in [0.1, 0.15) is 0 Å². The zero-order chi connectivity index (χ0) is 16.3. The third-order valence-corrected chi connectivity index (χ3v) is 5.17. The van der Waals surface area contributed by atoms with E-state index in [4.69, 9.17) is 0 Å². The van der Waals surface area contributed by atoms with E-state index in [-0.39, 0.29) is 17.7 Å². The van der Waals surface area contributed by atoms with Crippen LogP contribution in [0.25, 0.3) is 0 Å². The molecule has 0 aromatic carbocycles. The molecular formula is C18H38N2O. The van der Waals surface area contributed by atoms with Gasteiger partial charge < -0.3 is 10.4 Å². The highest BCUT2D eigenvalue weighted by Crippen LogP contribution is 2.40. The smallest absolute Gasteiger partial charge is 0.0609 e. The van der Waals surface area contributed by atoms with Crippen LogP contribution in [0.1, 0.15) is 67.2 Å². The first-order chi connectivity index (χ1) is 9.50. The average Bonchev–Trinajstić information content (AvgIpc) is 2.35. The lowest BCUT2D eigenvalue weighted by atomic mass is 9.69. The molecule has 2 N–H and O–H groups in total. The first-order valence-corrected chi connectivity index (χ1v) is 8.57. The fourth-order valence-corrected chi connectivity index (χ4v) is 3.42. The molecule has 21 heavy (non-hydrogen) atoms. The predicted octanol–water partition coefficient (Wildman–Crippen LogP) is 3.27. The van der Waals surface area contributed by atoms with Gasteiger partial charge in [0.05, 0.1) is 6.61 Å². The molecule has 3 heteroatoms. The monoisotopic (exact) mass is 298 g/mol. The van der Waals surface area contributed by atoms with Crippen molar-refractivity contribution in [3.63, 3.8) is 0 Å². The highest BCUT2D eigenvalue weighted by Gasteiger charge is 2.39. The van der Waals surface area contributed by atoms with Gasteiger partial charge in [0, 0.05) is 24.2 Å². The van der Waals surface area contributed by atoms with Gasteiger partial charge in [-0.1, -0.05) is 19.8 Å². The Hall–Kier alpha value is -0.120. The Balaban J connectivity index is 2.81. The van der Waals surface area contributed by atoms with Crippen LogP contribution in [-0.2, 0) is 0 Å².